The molecule has 0 spiro atoms. The molecule has 0 aliphatic carbocycles. The van der Waals surface area contributed by atoms with Crippen molar-refractivity contribution in [1.82, 2.24) is 4.90 Å². The highest BCUT2D eigenvalue weighted by molar-refractivity contribution is 7.92. The summed E-state index contributed by atoms with van der Waals surface area (Å²) >= 11 is 0. The van der Waals surface area contributed by atoms with Gasteiger partial charge in [0.1, 0.15) is 11.6 Å². The van der Waals surface area contributed by atoms with Gasteiger partial charge in [0.05, 0.1) is 17.2 Å². The topological polar surface area (TPSA) is 75.7 Å². The SMILES string of the molecule is O=C(Nc1ccc(F)cc1OCC(F)(F)F)N1CC(C2CS(=O)(=O)C2)C1. The Morgan fingerprint density at radius 3 is 2.46 bits per heavy atom. The molecule has 2 aliphatic heterocycles. The second kappa shape index (κ2) is 6.60. The molecule has 2 heterocycles. The average molecular weight is 396 g/mol. The molecule has 1 N–H and O–H groups in total. The number of carbonyl (C=O) groups is 1. The number of alkyl halides is 3. The molecule has 2 amide bonds. The van der Waals surface area contributed by atoms with Gasteiger partial charge in [-0.05, 0) is 24.0 Å². The first-order valence-electron chi connectivity index (χ1n) is 7.78. The van der Waals surface area contributed by atoms with Crippen LogP contribution in [0.3, 0.4) is 0 Å². The van der Waals surface area contributed by atoms with Crippen LogP contribution in [0.1, 0.15) is 0 Å². The van der Waals surface area contributed by atoms with Gasteiger partial charge in [-0.1, -0.05) is 0 Å². The largest absolute Gasteiger partial charge is 0.482 e. The van der Waals surface area contributed by atoms with Crippen molar-refractivity contribution in [2.75, 3.05) is 36.5 Å². The van der Waals surface area contributed by atoms with E-state index < -0.39 is 40.2 Å². The number of carbonyl (C=O) groups excluding carboxylic acids is 1. The standard InChI is InChI=1S/C15H16F4N2O4S/c16-11-1-2-12(13(3-11)25-8-15(17,18)19)20-14(22)21-4-9(5-21)10-6-26(23,24)7-10/h1-3,9-10H,4-8H2,(H,20,22). The molecule has 0 saturated carbocycles. The van der Waals surface area contributed by atoms with Crippen LogP contribution in [-0.4, -0.2) is 56.7 Å². The zero-order valence-electron chi connectivity index (χ0n) is 13.4. The highest BCUT2D eigenvalue weighted by Crippen LogP contribution is 2.34. The van der Waals surface area contributed by atoms with Gasteiger partial charge in [0.2, 0.25) is 0 Å². The molecule has 0 aromatic heterocycles. The van der Waals surface area contributed by atoms with Crippen molar-refractivity contribution in [3.05, 3.63) is 24.0 Å². The monoisotopic (exact) mass is 396 g/mol. The van der Waals surface area contributed by atoms with Crippen molar-refractivity contribution in [3.63, 3.8) is 0 Å². The lowest BCUT2D eigenvalue weighted by Crippen LogP contribution is -2.58. The number of hydrogen-bond donors (Lipinski definition) is 1. The summed E-state index contributed by atoms with van der Waals surface area (Å²) in [6, 6.07) is 2.31. The van der Waals surface area contributed by atoms with Crippen LogP contribution in [0.5, 0.6) is 5.75 Å². The summed E-state index contributed by atoms with van der Waals surface area (Å²) in [5, 5.41) is 2.40. The fraction of sp³-hybridized carbons (Fsp3) is 0.533. The lowest BCUT2D eigenvalue weighted by atomic mass is 9.88. The third-order valence-corrected chi connectivity index (χ3v) is 6.25. The maximum atomic E-state index is 13.3. The Bertz CT molecular complexity index is 794. The van der Waals surface area contributed by atoms with E-state index in [-0.39, 0.29) is 29.0 Å². The molecule has 0 atom stereocenters. The summed E-state index contributed by atoms with van der Waals surface area (Å²) in [6.07, 6.45) is -4.60. The van der Waals surface area contributed by atoms with E-state index in [2.05, 4.69) is 10.1 Å². The molecule has 26 heavy (non-hydrogen) atoms. The van der Waals surface area contributed by atoms with Crippen molar-refractivity contribution in [2.24, 2.45) is 11.8 Å². The highest BCUT2D eigenvalue weighted by Gasteiger charge is 2.45. The van der Waals surface area contributed by atoms with E-state index in [0.29, 0.717) is 13.1 Å². The van der Waals surface area contributed by atoms with E-state index in [4.69, 9.17) is 0 Å². The van der Waals surface area contributed by atoms with Crippen molar-refractivity contribution in [1.29, 1.82) is 0 Å². The predicted octanol–water partition coefficient (Wildman–Crippen LogP) is 2.28. The first kappa shape index (κ1) is 18.7. The van der Waals surface area contributed by atoms with Gasteiger partial charge in [0.25, 0.3) is 0 Å². The van der Waals surface area contributed by atoms with Gasteiger partial charge in [0.15, 0.2) is 16.4 Å². The first-order chi connectivity index (χ1) is 12.0. The summed E-state index contributed by atoms with van der Waals surface area (Å²) in [4.78, 5) is 13.6. The Morgan fingerprint density at radius 2 is 1.88 bits per heavy atom. The molecule has 6 nitrogen and oxygen atoms in total. The van der Waals surface area contributed by atoms with Crippen LogP contribution in [0.2, 0.25) is 0 Å². The molecule has 2 saturated heterocycles. The lowest BCUT2D eigenvalue weighted by Gasteiger charge is -2.45. The van der Waals surface area contributed by atoms with Gasteiger partial charge in [-0.2, -0.15) is 13.2 Å². The Hall–Kier alpha value is -2.04. The minimum Gasteiger partial charge on any atom is -0.482 e. The van der Waals surface area contributed by atoms with Crippen LogP contribution in [0.25, 0.3) is 0 Å². The molecule has 0 radical (unpaired) electrons. The van der Waals surface area contributed by atoms with E-state index in [1.165, 1.54) is 4.90 Å². The van der Waals surface area contributed by atoms with Crippen molar-refractivity contribution in [2.45, 2.75) is 6.18 Å². The van der Waals surface area contributed by atoms with E-state index in [1.807, 2.05) is 0 Å². The molecule has 3 rings (SSSR count). The number of rotatable bonds is 4. The van der Waals surface area contributed by atoms with Crippen molar-refractivity contribution >= 4 is 21.6 Å². The summed E-state index contributed by atoms with van der Waals surface area (Å²) in [5.74, 6) is -0.826. The third kappa shape index (κ3) is 4.37. The van der Waals surface area contributed by atoms with E-state index >= 15 is 0 Å². The van der Waals surface area contributed by atoms with Crippen LogP contribution in [0.4, 0.5) is 28.0 Å². The van der Waals surface area contributed by atoms with Crippen molar-refractivity contribution in [3.8, 4) is 5.75 Å². The number of anilines is 1. The third-order valence-electron chi connectivity index (χ3n) is 4.38. The normalized spacial score (nSPS) is 20.2. The van der Waals surface area contributed by atoms with Crippen LogP contribution in [-0.2, 0) is 9.84 Å². The zero-order chi connectivity index (χ0) is 19.1. The summed E-state index contributed by atoms with van der Waals surface area (Å²) in [5.41, 5.74) is -0.0738. The Balaban J connectivity index is 1.56. The van der Waals surface area contributed by atoms with E-state index in [0.717, 1.165) is 18.2 Å². The van der Waals surface area contributed by atoms with Gasteiger partial charge in [-0.15, -0.1) is 0 Å². The number of urea groups is 1. The van der Waals surface area contributed by atoms with Crippen LogP contribution < -0.4 is 10.1 Å². The second-order valence-electron chi connectivity index (χ2n) is 6.48. The van der Waals surface area contributed by atoms with Gasteiger partial charge in [-0.25, -0.2) is 17.6 Å². The predicted molar refractivity (Wildman–Crippen MR) is 84.2 cm³/mol. The molecule has 2 fully saturated rings. The minimum atomic E-state index is -4.60. The fourth-order valence-corrected chi connectivity index (χ4v) is 4.68. The Kier molecular flexibility index (Phi) is 4.76. The van der Waals surface area contributed by atoms with Gasteiger partial charge < -0.3 is 15.0 Å². The Morgan fingerprint density at radius 1 is 1.23 bits per heavy atom. The number of hydrogen-bond acceptors (Lipinski definition) is 4. The Labute approximate surface area is 147 Å². The minimum absolute atomic E-state index is 0.0422. The van der Waals surface area contributed by atoms with Gasteiger partial charge in [0, 0.05) is 19.2 Å². The number of nitrogens with zero attached hydrogens (tertiary/aromatic N) is 1. The van der Waals surface area contributed by atoms with E-state index in [9.17, 15) is 30.8 Å². The fourth-order valence-electron chi connectivity index (χ4n) is 2.93. The molecule has 0 unspecified atom stereocenters. The maximum absolute atomic E-state index is 13.3. The van der Waals surface area contributed by atoms with Crippen LogP contribution in [0.15, 0.2) is 18.2 Å². The smallest absolute Gasteiger partial charge is 0.422 e. The lowest BCUT2D eigenvalue weighted by molar-refractivity contribution is -0.153. The summed E-state index contributed by atoms with van der Waals surface area (Å²) in [6.45, 7) is -0.876. The second-order valence-corrected chi connectivity index (χ2v) is 8.63. The molecule has 1 aromatic carbocycles. The number of ether oxygens (including phenoxy) is 1. The molecule has 1 aromatic rings. The molecule has 2 aliphatic rings. The van der Waals surface area contributed by atoms with Gasteiger partial charge >= 0.3 is 12.2 Å². The number of halogens is 4. The van der Waals surface area contributed by atoms with Crippen LogP contribution >= 0.6 is 0 Å². The number of nitrogens with one attached hydrogen (secondary N) is 1. The molecular formula is C15H16F4N2O4S. The molecule has 144 valence electrons. The maximum Gasteiger partial charge on any atom is 0.422 e. The number of amides is 2. The quantitative estimate of drug-likeness (QED) is 0.793. The summed E-state index contributed by atoms with van der Waals surface area (Å²) in [7, 11) is -2.93. The summed E-state index contributed by atoms with van der Waals surface area (Å²) < 4.78 is 77.0. The van der Waals surface area contributed by atoms with Crippen molar-refractivity contribution < 1.29 is 35.5 Å². The average Bonchev–Trinajstić information content (AvgIpc) is 2.43. The molecule has 11 heteroatoms. The molecular weight excluding hydrogens is 380 g/mol. The van der Waals surface area contributed by atoms with Crippen LogP contribution in [0, 0.1) is 17.7 Å². The number of sulfone groups is 1. The van der Waals surface area contributed by atoms with E-state index in [1.54, 1.807) is 0 Å². The zero-order valence-corrected chi connectivity index (χ0v) is 14.2. The highest BCUT2D eigenvalue weighted by atomic mass is 32.2. The molecule has 0 bridgehead atoms. The number of benzene rings is 1. The van der Waals surface area contributed by atoms with Gasteiger partial charge in [-0.3, -0.25) is 0 Å². The number of likely N-dealkylation sites (tertiary alicyclic amines) is 1. The first-order valence-corrected chi connectivity index (χ1v) is 9.60.